The summed E-state index contributed by atoms with van der Waals surface area (Å²) in [5, 5.41) is 0. The van der Waals surface area contributed by atoms with E-state index in [9.17, 15) is 14.0 Å². The molecule has 0 radical (unpaired) electrons. The second-order valence-electron chi connectivity index (χ2n) is 5.92. The van der Waals surface area contributed by atoms with Crippen molar-refractivity contribution in [1.29, 1.82) is 0 Å². The minimum absolute atomic E-state index is 0.104. The van der Waals surface area contributed by atoms with E-state index in [1.54, 1.807) is 0 Å². The number of halogens is 1. The molecule has 0 spiro atoms. The number of hydrogen-bond donors (Lipinski definition) is 1. The summed E-state index contributed by atoms with van der Waals surface area (Å²) in [6, 6.07) is 10.8. The van der Waals surface area contributed by atoms with Gasteiger partial charge in [-0.05, 0) is 18.4 Å². The number of hydrogen-bond acceptors (Lipinski definition) is 4. The first-order valence-corrected chi connectivity index (χ1v) is 7.79. The van der Waals surface area contributed by atoms with Crippen molar-refractivity contribution in [1.82, 2.24) is 9.55 Å². The Morgan fingerprint density at radius 2 is 2.08 bits per heavy atom. The van der Waals surface area contributed by atoms with E-state index in [4.69, 9.17) is 9.47 Å². The SMILES string of the molecule is O=c1ccn([C@H]2CC[C@@](CF)(COCc3ccccc3)O2)c(=O)[nH]1. The van der Waals surface area contributed by atoms with E-state index in [1.807, 2.05) is 30.3 Å². The average Bonchev–Trinajstić information content (AvgIpc) is 3.00. The Bertz CT molecular complexity index is 789. The monoisotopic (exact) mass is 334 g/mol. The van der Waals surface area contributed by atoms with Gasteiger partial charge in [0.05, 0.1) is 13.2 Å². The van der Waals surface area contributed by atoms with Gasteiger partial charge in [-0.1, -0.05) is 30.3 Å². The van der Waals surface area contributed by atoms with Crippen LogP contribution in [0.25, 0.3) is 0 Å². The number of aromatic nitrogens is 2. The second-order valence-corrected chi connectivity index (χ2v) is 5.92. The van der Waals surface area contributed by atoms with Crippen LogP contribution in [0, 0.1) is 0 Å². The molecule has 1 aromatic carbocycles. The van der Waals surface area contributed by atoms with Crippen molar-refractivity contribution in [2.75, 3.05) is 13.3 Å². The highest BCUT2D eigenvalue weighted by molar-refractivity contribution is 5.13. The van der Waals surface area contributed by atoms with E-state index >= 15 is 0 Å². The Balaban J connectivity index is 1.64. The molecular weight excluding hydrogens is 315 g/mol. The van der Waals surface area contributed by atoms with Gasteiger partial charge in [-0.15, -0.1) is 0 Å². The molecule has 0 amide bonds. The summed E-state index contributed by atoms with van der Waals surface area (Å²) in [5.74, 6) is 0. The molecule has 128 valence electrons. The molecule has 1 aromatic heterocycles. The topological polar surface area (TPSA) is 73.3 Å². The number of nitrogens with one attached hydrogen (secondary N) is 1. The van der Waals surface area contributed by atoms with Gasteiger partial charge in [-0.2, -0.15) is 0 Å². The summed E-state index contributed by atoms with van der Waals surface area (Å²) < 4.78 is 26.3. The van der Waals surface area contributed by atoms with Gasteiger partial charge in [0.25, 0.3) is 5.56 Å². The highest BCUT2D eigenvalue weighted by atomic mass is 19.1. The maximum atomic E-state index is 13.6. The van der Waals surface area contributed by atoms with E-state index in [1.165, 1.54) is 16.8 Å². The van der Waals surface area contributed by atoms with E-state index in [2.05, 4.69) is 4.98 Å². The predicted octanol–water partition coefficient (Wildman–Crippen LogP) is 1.77. The standard InChI is InChI=1S/C17H19FN2O4/c18-11-17(12-23-10-13-4-2-1-3-5-13)8-6-15(24-17)20-9-7-14(21)19-16(20)22/h1-5,7,9,15H,6,8,10-12H2,(H,19,21,22)/t15-,17-/m1/s1. The Morgan fingerprint density at radius 3 is 2.79 bits per heavy atom. The van der Waals surface area contributed by atoms with E-state index in [0.29, 0.717) is 19.4 Å². The molecule has 7 heteroatoms. The van der Waals surface area contributed by atoms with Crippen molar-refractivity contribution in [3.63, 3.8) is 0 Å². The lowest BCUT2D eigenvalue weighted by atomic mass is 10.0. The number of alkyl halides is 1. The predicted molar refractivity (Wildman–Crippen MR) is 85.5 cm³/mol. The largest absolute Gasteiger partial charge is 0.374 e. The molecule has 1 fully saturated rings. The maximum Gasteiger partial charge on any atom is 0.330 e. The fourth-order valence-electron chi connectivity index (χ4n) is 2.82. The van der Waals surface area contributed by atoms with Crippen LogP contribution in [-0.2, 0) is 16.1 Å². The van der Waals surface area contributed by atoms with Gasteiger partial charge in [0, 0.05) is 12.3 Å². The van der Waals surface area contributed by atoms with Gasteiger partial charge in [-0.25, -0.2) is 9.18 Å². The number of aromatic amines is 1. The molecule has 1 saturated heterocycles. The smallest absolute Gasteiger partial charge is 0.330 e. The van der Waals surface area contributed by atoms with Gasteiger partial charge in [-0.3, -0.25) is 14.3 Å². The summed E-state index contributed by atoms with van der Waals surface area (Å²) in [5.41, 5.74) is -1.10. The van der Waals surface area contributed by atoms with Crippen molar-refractivity contribution in [3.8, 4) is 0 Å². The van der Waals surface area contributed by atoms with Crippen LogP contribution in [0.4, 0.5) is 4.39 Å². The van der Waals surface area contributed by atoms with E-state index < -0.39 is 29.8 Å². The van der Waals surface area contributed by atoms with Crippen LogP contribution in [0.5, 0.6) is 0 Å². The van der Waals surface area contributed by atoms with Crippen molar-refractivity contribution in [3.05, 3.63) is 69.0 Å². The third-order valence-corrected chi connectivity index (χ3v) is 4.11. The van der Waals surface area contributed by atoms with Gasteiger partial charge < -0.3 is 9.47 Å². The van der Waals surface area contributed by atoms with Gasteiger partial charge in [0.1, 0.15) is 18.5 Å². The van der Waals surface area contributed by atoms with Gasteiger partial charge >= 0.3 is 5.69 Å². The lowest BCUT2D eigenvalue weighted by Crippen LogP contribution is -2.38. The first kappa shape index (κ1) is 16.6. The number of ether oxygens (including phenoxy) is 2. The Morgan fingerprint density at radius 1 is 1.29 bits per heavy atom. The zero-order chi connectivity index (χ0) is 17.0. The number of nitrogens with zero attached hydrogens (tertiary/aromatic N) is 1. The molecule has 0 unspecified atom stereocenters. The fourth-order valence-corrected chi connectivity index (χ4v) is 2.82. The highest BCUT2D eigenvalue weighted by Crippen LogP contribution is 2.36. The molecule has 1 aliphatic heterocycles. The molecule has 6 nitrogen and oxygen atoms in total. The van der Waals surface area contributed by atoms with Gasteiger partial charge in [0.15, 0.2) is 0 Å². The summed E-state index contributed by atoms with van der Waals surface area (Å²) in [6.07, 6.45) is 1.68. The van der Waals surface area contributed by atoms with Crippen molar-refractivity contribution in [2.45, 2.75) is 31.3 Å². The molecule has 24 heavy (non-hydrogen) atoms. The van der Waals surface area contributed by atoms with Crippen molar-refractivity contribution >= 4 is 0 Å². The lowest BCUT2D eigenvalue weighted by molar-refractivity contribution is -0.125. The first-order valence-electron chi connectivity index (χ1n) is 7.79. The molecule has 2 atom stereocenters. The fraction of sp³-hybridized carbons (Fsp3) is 0.412. The van der Waals surface area contributed by atoms with E-state index in [0.717, 1.165) is 5.56 Å². The zero-order valence-corrected chi connectivity index (χ0v) is 13.1. The average molecular weight is 334 g/mol. The minimum Gasteiger partial charge on any atom is -0.374 e. The highest BCUT2D eigenvalue weighted by Gasteiger charge is 2.42. The van der Waals surface area contributed by atoms with Crippen LogP contribution in [0.2, 0.25) is 0 Å². The molecule has 2 heterocycles. The Kier molecular flexibility index (Phi) is 4.92. The maximum absolute atomic E-state index is 13.6. The van der Waals surface area contributed by atoms with Crippen LogP contribution >= 0.6 is 0 Å². The summed E-state index contributed by atoms with van der Waals surface area (Å²) >= 11 is 0. The summed E-state index contributed by atoms with van der Waals surface area (Å²) in [6.45, 7) is -0.224. The van der Waals surface area contributed by atoms with Crippen molar-refractivity contribution in [2.24, 2.45) is 0 Å². The molecule has 2 aromatic rings. The Labute approximate surface area is 137 Å². The molecule has 0 aliphatic carbocycles. The number of benzene rings is 1. The molecule has 0 bridgehead atoms. The second kappa shape index (κ2) is 7.11. The van der Waals surface area contributed by atoms with Gasteiger partial charge in [0.2, 0.25) is 0 Å². The normalized spacial score (nSPS) is 23.5. The molecule has 0 saturated carbocycles. The molecule has 1 N–H and O–H groups in total. The zero-order valence-electron chi connectivity index (χ0n) is 13.1. The third kappa shape index (κ3) is 3.63. The van der Waals surface area contributed by atoms with Crippen molar-refractivity contribution < 1.29 is 13.9 Å². The number of H-pyrrole nitrogens is 1. The lowest BCUT2D eigenvalue weighted by Gasteiger charge is -2.26. The number of rotatable bonds is 6. The molecule has 1 aliphatic rings. The summed E-state index contributed by atoms with van der Waals surface area (Å²) in [4.78, 5) is 25.1. The molecular formula is C17H19FN2O4. The first-order chi connectivity index (χ1) is 11.6. The van der Waals surface area contributed by atoms with Crippen LogP contribution in [-0.4, -0.2) is 28.4 Å². The minimum atomic E-state index is -1.06. The Hall–Kier alpha value is -2.25. The van der Waals surface area contributed by atoms with Crippen LogP contribution < -0.4 is 11.2 Å². The quantitative estimate of drug-likeness (QED) is 0.874. The van der Waals surface area contributed by atoms with E-state index in [-0.39, 0.29) is 6.61 Å². The summed E-state index contributed by atoms with van der Waals surface area (Å²) in [7, 11) is 0. The van der Waals surface area contributed by atoms with Crippen LogP contribution in [0.15, 0.2) is 52.2 Å². The third-order valence-electron chi connectivity index (χ3n) is 4.11. The molecule has 3 rings (SSSR count). The van der Waals surface area contributed by atoms with Crippen LogP contribution in [0.3, 0.4) is 0 Å². The van der Waals surface area contributed by atoms with Crippen LogP contribution in [0.1, 0.15) is 24.6 Å².